The van der Waals surface area contributed by atoms with Crippen LogP contribution in [0.2, 0.25) is 0 Å². The summed E-state index contributed by atoms with van der Waals surface area (Å²) < 4.78 is 13.0. The quantitative estimate of drug-likeness (QED) is 0.477. The molecule has 23 heavy (non-hydrogen) atoms. The minimum absolute atomic E-state index is 0.0485. The normalized spacial score (nSPS) is 18.2. The maximum Gasteiger partial charge on any atom is 0.322 e. The molecule has 0 radical (unpaired) electrons. The lowest BCUT2D eigenvalue weighted by Crippen LogP contribution is -2.40. The highest BCUT2D eigenvalue weighted by molar-refractivity contribution is 8.06. The molecule has 11 heteroatoms. The zero-order valence-corrected chi connectivity index (χ0v) is 14.1. The van der Waals surface area contributed by atoms with E-state index in [0.29, 0.717) is 0 Å². The monoisotopic (exact) mass is 379 g/mol. The lowest BCUT2D eigenvalue weighted by atomic mass is 10.4. The van der Waals surface area contributed by atoms with Gasteiger partial charge in [-0.25, -0.2) is 4.67 Å². The summed E-state index contributed by atoms with van der Waals surface area (Å²) >= 11 is 11.3. The van der Waals surface area contributed by atoms with Crippen LogP contribution in [0.25, 0.3) is 0 Å². The van der Waals surface area contributed by atoms with Crippen LogP contribution in [0.5, 0.6) is 0 Å². The summed E-state index contributed by atoms with van der Waals surface area (Å²) in [6, 6.07) is 0. The predicted molar refractivity (Wildman–Crippen MR) is 82.6 cm³/mol. The van der Waals surface area contributed by atoms with Crippen molar-refractivity contribution in [2.75, 3.05) is 26.2 Å². The number of imide groups is 2. The van der Waals surface area contributed by atoms with E-state index in [9.17, 15) is 23.7 Å². The number of hydrogen-bond acceptors (Lipinski definition) is 5. The van der Waals surface area contributed by atoms with E-state index in [1.54, 1.807) is 0 Å². The van der Waals surface area contributed by atoms with Gasteiger partial charge in [-0.2, -0.15) is 0 Å². The Labute approximate surface area is 141 Å². The summed E-state index contributed by atoms with van der Waals surface area (Å²) in [5.41, 5.74) is 0. The highest BCUT2D eigenvalue weighted by Gasteiger charge is 2.31. The molecule has 124 valence electrons. The first-order valence-corrected chi connectivity index (χ1v) is 9.99. The Balaban J connectivity index is 1.94. The van der Waals surface area contributed by atoms with Crippen LogP contribution in [0.4, 0.5) is 0 Å². The van der Waals surface area contributed by atoms with E-state index in [1.807, 2.05) is 0 Å². The third kappa shape index (κ3) is 4.29. The van der Waals surface area contributed by atoms with Gasteiger partial charge in [0.05, 0.1) is 0 Å². The minimum atomic E-state index is -3.73. The molecule has 2 heterocycles. The van der Waals surface area contributed by atoms with Gasteiger partial charge in [0.1, 0.15) is 0 Å². The van der Waals surface area contributed by atoms with Gasteiger partial charge in [-0.1, -0.05) is 0 Å². The van der Waals surface area contributed by atoms with E-state index in [0.717, 1.165) is 38.8 Å². The molecule has 0 N–H and O–H groups in total. The fourth-order valence-electron chi connectivity index (χ4n) is 2.08. The average molecular weight is 380 g/mol. The van der Waals surface area contributed by atoms with Gasteiger partial charge in [-0.15, -0.1) is 0 Å². The summed E-state index contributed by atoms with van der Waals surface area (Å²) in [4.78, 5) is 47.7. The van der Waals surface area contributed by atoms with Gasteiger partial charge < -0.3 is 0 Å². The Bertz CT molecular complexity index is 590. The number of nitrogens with zero attached hydrogens (tertiary/aromatic N) is 3. The Kier molecular flexibility index (Phi) is 5.41. The Morgan fingerprint density at radius 3 is 1.35 bits per heavy atom. The molecule has 2 rings (SSSR count). The van der Waals surface area contributed by atoms with E-state index < -0.39 is 29.6 Å². The Morgan fingerprint density at radius 2 is 1.09 bits per heavy atom. The first kappa shape index (κ1) is 17.9. The van der Waals surface area contributed by atoms with E-state index in [-0.39, 0.29) is 26.2 Å². The summed E-state index contributed by atoms with van der Waals surface area (Å²) in [6.07, 6.45) is 4.50. The van der Waals surface area contributed by atoms with Crippen molar-refractivity contribution < 1.29 is 23.7 Å². The second kappa shape index (κ2) is 6.97. The summed E-state index contributed by atoms with van der Waals surface area (Å²) in [7, 11) is 0. The van der Waals surface area contributed by atoms with Crippen molar-refractivity contribution in [3.8, 4) is 0 Å². The molecule has 0 saturated carbocycles. The molecule has 0 aromatic rings. The summed E-state index contributed by atoms with van der Waals surface area (Å²) in [5.74, 6) is -5.66. The maximum absolute atomic E-state index is 11.9. The van der Waals surface area contributed by atoms with Crippen molar-refractivity contribution >= 4 is 52.1 Å². The van der Waals surface area contributed by atoms with Crippen LogP contribution in [0.1, 0.15) is 0 Å². The first-order valence-electron chi connectivity index (χ1n) is 6.52. The first-order chi connectivity index (χ1) is 10.7. The van der Waals surface area contributed by atoms with Crippen molar-refractivity contribution in [2.45, 2.75) is 0 Å². The van der Waals surface area contributed by atoms with Gasteiger partial charge in [0.25, 0.3) is 23.6 Å². The molecule has 0 fully saturated rings. The fraction of sp³-hybridized carbons (Fsp3) is 0.333. The molecule has 4 amide bonds. The SMILES string of the molecule is O=C1C=CC(=O)N1CCN(CCN1C(=O)C=CC1=O)P(=O)(Cl)Cl. The number of carbonyl (C=O) groups excluding carboxylic acids is 4. The molecule has 0 aromatic heterocycles. The van der Waals surface area contributed by atoms with Crippen molar-refractivity contribution in [2.24, 2.45) is 0 Å². The molecular formula is C12H12Cl2N3O5P. The second-order valence-electron chi connectivity index (χ2n) is 4.71. The van der Waals surface area contributed by atoms with E-state index >= 15 is 0 Å². The molecule has 0 unspecified atom stereocenters. The highest BCUT2D eigenvalue weighted by atomic mass is 35.9. The summed E-state index contributed by atoms with van der Waals surface area (Å²) in [6.45, 7) is -0.220. The molecular weight excluding hydrogens is 368 g/mol. The molecule has 0 atom stereocenters. The Morgan fingerprint density at radius 1 is 0.783 bits per heavy atom. The molecule has 2 aliphatic rings. The summed E-state index contributed by atoms with van der Waals surface area (Å²) in [5, 5.41) is 0. The molecule has 0 saturated heterocycles. The molecule has 0 bridgehead atoms. The van der Waals surface area contributed by atoms with Gasteiger partial charge >= 0.3 is 6.00 Å². The molecule has 8 nitrogen and oxygen atoms in total. The van der Waals surface area contributed by atoms with Crippen molar-refractivity contribution in [3.05, 3.63) is 24.3 Å². The van der Waals surface area contributed by atoms with E-state index in [4.69, 9.17) is 22.5 Å². The van der Waals surface area contributed by atoms with Crippen LogP contribution in [-0.4, -0.2) is 64.3 Å². The minimum Gasteiger partial charge on any atom is -0.274 e. The number of rotatable bonds is 7. The number of halogens is 2. The van der Waals surface area contributed by atoms with Crippen LogP contribution >= 0.6 is 28.5 Å². The van der Waals surface area contributed by atoms with Gasteiger partial charge in [0, 0.05) is 50.5 Å². The standard InChI is InChI=1S/C12H12Cl2N3O5P/c13-23(14,22)15(5-7-16-9(18)1-2-10(16)19)6-8-17-11(20)3-4-12(17)21/h1-4H,5-8H2. The average Bonchev–Trinajstić information content (AvgIpc) is 2.94. The predicted octanol–water partition coefficient (Wildman–Crippen LogP) is 0.724. The number of carbonyl (C=O) groups is 4. The molecule has 0 aliphatic carbocycles. The second-order valence-corrected chi connectivity index (χ2v) is 9.41. The number of hydrogen-bond donors (Lipinski definition) is 0. The third-order valence-corrected chi connectivity index (χ3v) is 5.64. The maximum atomic E-state index is 11.9. The van der Waals surface area contributed by atoms with Crippen LogP contribution < -0.4 is 0 Å². The lowest BCUT2D eigenvalue weighted by Gasteiger charge is -2.26. The molecule has 2 aliphatic heterocycles. The van der Waals surface area contributed by atoms with Gasteiger partial charge in [0.15, 0.2) is 0 Å². The Hall–Kier alpha value is -1.47. The van der Waals surface area contributed by atoms with Crippen LogP contribution in [-0.2, 0) is 23.7 Å². The van der Waals surface area contributed by atoms with Crippen molar-refractivity contribution in [1.29, 1.82) is 0 Å². The lowest BCUT2D eigenvalue weighted by molar-refractivity contribution is -0.137. The van der Waals surface area contributed by atoms with Crippen LogP contribution in [0, 0.1) is 0 Å². The fourth-order valence-corrected chi connectivity index (χ4v) is 3.63. The van der Waals surface area contributed by atoms with Crippen molar-refractivity contribution in [3.63, 3.8) is 0 Å². The number of amides is 4. The third-order valence-electron chi connectivity index (χ3n) is 3.29. The van der Waals surface area contributed by atoms with Gasteiger partial charge in [-0.05, 0) is 22.5 Å². The largest absolute Gasteiger partial charge is 0.322 e. The zero-order valence-electron chi connectivity index (χ0n) is 11.7. The van der Waals surface area contributed by atoms with E-state index in [1.165, 1.54) is 0 Å². The highest BCUT2D eigenvalue weighted by Crippen LogP contribution is 2.59. The van der Waals surface area contributed by atoms with Crippen molar-refractivity contribution in [1.82, 2.24) is 14.5 Å². The van der Waals surface area contributed by atoms with Crippen LogP contribution in [0.15, 0.2) is 24.3 Å². The smallest absolute Gasteiger partial charge is 0.274 e. The topological polar surface area (TPSA) is 95.1 Å². The molecule has 0 spiro atoms. The molecule has 0 aromatic carbocycles. The van der Waals surface area contributed by atoms with Crippen LogP contribution in [0.3, 0.4) is 0 Å². The van der Waals surface area contributed by atoms with Gasteiger partial charge in [0.2, 0.25) is 0 Å². The van der Waals surface area contributed by atoms with Gasteiger partial charge in [-0.3, -0.25) is 33.5 Å². The zero-order chi connectivity index (χ0) is 17.2. The van der Waals surface area contributed by atoms with E-state index in [2.05, 4.69) is 0 Å².